The summed E-state index contributed by atoms with van der Waals surface area (Å²) in [5, 5.41) is 11.7. The first-order valence-corrected chi connectivity index (χ1v) is 8.44. The Kier molecular flexibility index (Phi) is 4.02. The molecule has 0 N–H and O–H groups in total. The van der Waals surface area contributed by atoms with Gasteiger partial charge in [0.1, 0.15) is 0 Å². The molecule has 1 aliphatic rings. The van der Waals surface area contributed by atoms with E-state index in [1.54, 1.807) is 0 Å². The van der Waals surface area contributed by atoms with Crippen molar-refractivity contribution in [3.8, 4) is 0 Å². The number of fused-ring (bicyclic) bond motifs is 1. The molecule has 0 atom stereocenters. The molecule has 0 unspecified atom stereocenters. The molecule has 2 heterocycles. The molecule has 3 aromatic rings. The number of hydrogen-bond acceptors (Lipinski definition) is 3. The number of rotatable bonds is 4. The zero-order valence-corrected chi connectivity index (χ0v) is 13.7. The lowest BCUT2D eigenvalue weighted by molar-refractivity contribution is 0.327. The monoisotopic (exact) mass is 326 g/mol. The van der Waals surface area contributed by atoms with Crippen LogP contribution in [0.25, 0.3) is 10.8 Å². The van der Waals surface area contributed by atoms with E-state index in [-0.39, 0.29) is 0 Å². The Balaban J connectivity index is 1.57. The van der Waals surface area contributed by atoms with E-state index in [1.807, 2.05) is 29.1 Å². The summed E-state index contributed by atoms with van der Waals surface area (Å²) >= 11 is 6.26. The van der Waals surface area contributed by atoms with Crippen LogP contribution in [0, 0.1) is 0 Å². The molecule has 23 heavy (non-hydrogen) atoms. The van der Waals surface area contributed by atoms with E-state index in [1.165, 1.54) is 36.9 Å². The summed E-state index contributed by atoms with van der Waals surface area (Å²) in [6, 6.07) is 12.3. The van der Waals surface area contributed by atoms with Crippen LogP contribution in [0.15, 0.2) is 42.6 Å². The van der Waals surface area contributed by atoms with Crippen LogP contribution in [0.4, 0.5) is 0 Å². The molecule has 4 nitrogen and oxygen atoms in total. The van der Waals surface area contributed by atoms with Crippen molar-refractivity contribution in [2.45, 2.75) is 25.9 Å². The van der Waals surface area contributed by atoms with Crippen molar-refractivity contribution in [2.75, 3.05) is 13.1 Å². The van der Waals surface area contributed by atoms with Crippen LogP contribution in [-0.2, 0) is 13.1 Å². The molecule has 0 saturated carbocycles. The Hall–Kier alpha value is -1.91. The number of likely N-dealkylation sites (tertiary alicyclic amines) is 1. The lowest BCUT2D eigenvalue weighted by atomic mass is 10.0. The van der Waals surface area contributed by atoms with Crippen LogP contribution in [0.2, 0.25) is 5.02 Å². The van der Waals surface area contributed by atoms with E-state index in [0.29, 0.717) is 6.54 Å². The molecule has 0 aliphatic carbocycles. The van der Waals surface area contributed by atoms with Gasteiger partial charge in [-0.1, -0.05) is 41.1 Å². The molecule has 0 amide bonds. The van der Waals surface area contributed by atoms with E-state index < -0.39 is 0 Å². The predicted molar refractivity (Wildman–Crippen MR) is 92.6 cm³/mol. The average molecular weight is 327 g/mol. The van der Waals surface area contributed by atoms with Crippen LogP contribution in [-0.4, -0.2) is 33.0 Å². The van der Waals surface area contributed by atoms with Gasteiger partial charge in [-0.15, -0.1) is 5.10 Å². The Morgan fingerprint density at radius 1 is 1.04 bits per heavy atom. The van der Waals surface area contributed by atoms with Gasteiger partial charge in [-0.2, -0.15) is 0 Å². The van der Waals surface area contributed by atoms with Crippen molar-refractivity contribution in [3.05, 3.63) is 58.9 Å². The first-order chi connectivity index (χ1) is 11.3. The van der Waals surface area contributed by atoms with Gasteiger partial charge in [0.2, 0.25) is 0 Å². The summed E-state index contributed by atoms with van der Waals surface area (Å²) in [5.41, 5.74) is 2.21. The first-order valence-electron chi connectivity index (χ1n) is 8.06. The summed E-state index contributed by atoms with van der Waals surface area (Å²) < 4.78 is 1.91. The molecule has 2 aromatic carbocycles. The molecule has 0 bridgehead atoms. The summed E-state index contributed by atoms with van der Waals surface area (Å²) in [5.74, 6) is 0. The SMILES string of the molecule is Clc1cc(Cn2cc(CN3CCCC3)nn2)c2ccccc2c1. The molecular weight excluding hydrogens is 308 g/mol. The van der Waals surface area contributed by atoms with Gasteiger partial charge < -0.3 is 0 Å². The number of halogens is 1. The summed E-state index contributed by atoms with van der Waals surface area (Å²) in [6.07, 6.45) is 4.64. The highest BCUT2D eigenvalue weighted by molar-refractivity contribution is 6.31. The van der Waals surface area contributed by atoms with E-state index in [2.05, 4.69) is 33.4 Å². The Labute approximate surface area is 140 Å². The van der Waals surface area contributed by atoms with Crippen molar-refractivity contribution < 1.29 is 0 Å². The minimum Gasteiger partial charge on any atom is -0.297 e. The third-order valence-corrected chi connectivity index (χ3v) is 4.63. The van der Waals surface area contributed by atoms with Gasteiger partial charge in [-0.25, -0.2) is 4.68 Å². The number of hydrogen-bond donors (Lipinski definition) is 0. The maximum Gasteiger partial charge on any atom is 0.0967 e. The fourth-order valence-electron chi connectivity index (χ4n) is 3.31. The highest BCUT2D eigenvalue weighted by atomic mass is 35.5. The highest BCUT2D eigenvalue weighted by Gasteiger charge is 2.14. The minimum absolute atomic E-state index is 0.689. The van der Waals surface area contributed by atoms with E-state index in [9.17, 15) is 0 Å². The van der Waals surface area contributed by atoms with Gasteiger partial charge >= 0.3 is 0 Å². The Morgan fingerprint density at radius 2 is 1.87 bits per heavy atom. The second-order valence-corrected chi connectivity index (χ2v) is 6.61. The lowest BCUT2D eigenvalue weighted by Gasteiger charge is -2.11. The quantitative estimate of drug-likeness (QED) is 0.732. The zero-order chi connectivity index (χ0) is 15.6. The van der Waals surface area contributed by atoms with E-state index in [4.69, 9.17) is 11.6 Å². The molecule has 1 saturated heterocycles. The van der Waals surface area contributed by atoms with Crippen LogP contribution in [0.1, 0.15) is 24.1 Å². The highest BCUT2D eigenvalue weighted by Crippen LogP contribution is 2.24. The van der Waals surface area contributed by atoms with Gasteiger partial charge in [0.25, 0.3) is 0 Å². The molecular formula is C18H19ClN4. The Bertz CT molecular complexity index is 821. The van der Waals surface area contributed by atoms with Gasteiger partial charge in [-0.05, 0) is 54.4 Å². The summed E-state index contributed by atoms with van der Waals surface area (Å²) in [4.78, 5) is 2.43. The minimum atomic E-state index is 0.689. The molecule has 1 fully saturated rings. The largest absolute Gasteiger partial charge is 0.297 e. The number of nitrogens with zero attached hydrogens (tertiary/aromatic N) is 4. The van der Waals surface area contributed by atoms with Gasteiger partial charge in [0.15, 0.2) is 0 Å². The lowest BCUT2D eigenvalue weighted by Crippen LogP contribution is -2.18. The third-order valence-electron chi connectivity index (χ3n) is 4.41. The zero-order valence-electron chi connectivity index (χ0n) is 13.0. The van der Waals surface area contributed by atoms with E-state index >= 15 is 0 Å². The fourth-order valence-corrected chi connectivity index (χ4v) is 3.56. The summed E-state index contributed by atoms with van der Waals surface area (Å²) in [7, 11) is 0. The van der Waals surface area contributed by atoms with Crippen molar-refractivity contribution >= 4 is 22.4 Å². The molecule has 4 rings (SSSR count). The molecule has 5 heteroatoms. The summed E-state index contributed by atoms with van der Waals surface area (Å²) in [6.45, 7) is 3.93. The fraction of sp³-hybridized carbons (Fsp3) is 0.333. The maximum absolute atomic E-state index is 6.26. The van der Waals surface area contributed by atoms with Crippen molar-refractivity contribution in [2.24, 2.45) is 0 Å². The van der Waals surface area contributed by atoms with Crippen molar-refractivity contribution in [3.63, 3.8) is 0 Å². The molecule has 0 radical (unpaired) electrons. The van der Waals surface area contributed by atoms with Crippen LogP contribution >= 0.6 is 11.6 Å². The smallest absolute Gasteiger partial charge is 0.0967 e. The number of benzene rings is 2. The van der Waals surface area contributed by atoms with Crippen LogP contribution < -0.4 is 0 Å². The third kappa shape index (κ3) is 3.23. The maximum atomic E-state index is 6.26. The van der Waals surface area contributed by atoms with Gasteiger partial charge in [0, 0.05) is 11.6 Å². The molecule has 1 aromatic heterocycles. The second-order valence-electron chi connectivity index (χ2n) is 6.18. The Morgan fingerprint density at radius 3 is 2.74 bits per heavy atom. The van der Waals surface area contributed by atoms with Crippen molar-refractivity contribution in [1.29, 1.82) is 0 Å². The molecule has 118 valence electrons. The van der Waals surface area contributed by atoms with Crippen molar-refractivity contribution in [1.82, 2.24) is 19.9 Å². The van der Waals surface area contributed by atoms with Gasteiger partial charge in [-0.3, -0.25) is 4.90 Å². The second kappa shape index (κ2) is 6.30. The predicted octanol–water partition coefficient (Wildman–Crippen LogP) is 3.73. The molecule has 1 aliphatic heterocycles. The topological polar surface area (TPSA) is 34.0 Å². The van der Waals surface area contributed by atoms with E-state index in [0.717, 1.165) is 22.6 Å². The normalized spacial score (nSPS) is 15.5. The average Bonchev–Trinajstić information content (AvgIpc) is 3.20. The molecule has 0 spiro atoms. The standard InChI is InChI=1S/C18H19ClN4/c19-16-9-14-5-1-2-6-18(14)15(10-16)11-23-13-17(20-21-23)12-22-7-3-4-8-22/h1-2,5-6,9-10,13H,3-4,7-8,11-12H2. The van der Waals surface area contributed by atoms with Gasteiger partial charge in [0.05, 0.1) is 18.4 Å². The van der Waals surface area contributed by atoms with Crippen LogP contribution in [0.3, 0.4) is 0 Å². The first kappa shape index (κ1) is 14.7. The van der Waals surface area contributed by atoms with Crippen LogP contribution in [0.5, 0.6) is 0 Å². The number of aromatic nitrogens is 3.